The number of carbonyl (C=O) groups is 2. The Hall–Kier alpha value is -2.69. The lowest BCUT2D eigenvalue weighted by Gasteiger charge is -2.32. The predicted octanol–water partition coefficient (Wildman–Crippen LogP) is 3.17. The van der Waals surface area contributed by atoms with E-state index in [2.05, 4.69) is 5.32 Å². The van der Waals surface area contributed by atoms with E-state index >= 15 is 0 Å². The Kier molecular flexibility index (Phi) is 5.12. The first-order chi connectivity index (χ1) is 12.0. The smallest absolute Gasteiger partial charge is 0.254 e. The molecule has 1 N–H and O–H groups in total. The number of carbonyl (C=O) groups excluding carboxylic acids is 2. The van der Waals surface area contributed by atoms with Crippen LogP contribution in [0, 0.1) is 12.7 Å². The molecule has 1 aliphatic heterocycles. The van der Waals surface area contributed by atoms with Crippen molar-refractivity contribution in [2.45, 2.75) is 25.8 Å². The Morgan fingerprint density at radius 3 is 2.48 bits per heavy atom. The molecule has 2 amide bonds. The number of rotatable bonds is 3. The van der Waals surface area contributed by atoms with Crippen LogP contribution in [0.4, 0.5) is 4.39 Å². The number of halogens is 1. The molecule has 0 unspecified atom stereocenters. The quantitative estimate of drug-likeness (QED) is 0.933. The van der Waals surface area contributed by atoms with Crippen molar-refractivity contribution in [1.29, 1.82) is 0 Å². The molecule has 25 heavy (non-hydrogen) atoms. The zero-order valence-corrected chi connectivity index (χ0v) is 14.2. The molecule has 0 atom stereocenters. The number of aryl methyl sites for hydroxylation is 1. The van der Waals surface area contributed by atoms with Crippen molar-refractivity contribution in [2.24, 2.45) is 0 Å². The van der Waals surface area contributed by atoms with Crippen LogP contribution in [0.25, 0.3) is 0 Å². The van der Waals surface area contributed by atoms with E-state index in [9.17, 15) is 14.0 Å². The minimum Gasteiger partial charge on any atom is -0.349 e. The summed E-state index contributed by atoms with van der Waals surface area (Å²) in [5.41, 5.74) is 1.80. The average Bonchev–Trinajstić information content (AvgIpc) is 2.62. The molecular formula is C20H21FN2O2. The number of hydrogen-bond acceptors (Lipinski definition) is 2. The fourth-order valence-electron chi connectivity index (χ4n) is 3.10. The number of hydrogen-bond donors (Lipinski definition) is 1. The van der Waals surface area contributed by atoms with Crippen molar-refractivity contribution in [2.75, 3.05) is 13.1 Å². The highest BCUT2D eigenvalue weighted by atomic mass is 19.1. The minimum atomic E-state index is -0.521. The van der Waals surface area contributed by atoms with Crippen LogP contribution in [0.3, 0.4) is 0 Å². The summed E-state index contributed by atoms with van der Waals surface area (Å²) in [5, 5.41) is 2.87. The van der Waals surface area contributed by atoms with E-state index in [1.165, 1.54) is 12.1 Å². The number of likely N-dealkylation sites (tertiary alicyclic amines) is 1. The average molecular weight is 340 g/mol. The zero-order chi connectivity index (χ0) is 17.8. The maximum Gasteiger partial charge on any atom is 0.254 e. The molecule has 1 heterocycles. The van der Waals surface area contributed by atoms with Gasteiger partial charge >= 0.3 is 0 Å². The van der Waals surface area contributed by atoms with Gasteiger partial charge in [-0.2, -0.15) is 0 Å². The summed E-state index contributed by atoms with van der Waals surface area (Å²) >= 11 is 0. The van der Waals surface area contributed by atoms with Crippen LogP contribution in [0.1, 0.15) is 39.1 Å². The van der Waals surface area contributed by atoms with Gasteiger partial charge in [0.2, 0.25) is 0 Å². The highest BCUT2D eigenvalue weighted by molar-refractivity contribution is 5.95. The van der Waals surface area contributed by atoms with E-state index in [0.717, 1.165) is 5.56 Å². The van der Waals surface area contributed by atoms with Crippen molar-refractivity contribution in [3.8, 4) is 0 Å². The van der Waals surface area contributed by atoms with Gasteiger partial charge in [0.1, 0.15) is 5.82 Å². The van der Waals surface area contributed by atoms with E-state index in [1.54, 1.807) is 17.0 Å². The Morgan fingerprint density at radius 1 is 1.08 bits per heavy atom. The second-order valence-corrected chi connectivity index (χ2v) is 6.39. The highest BCUT2D eigenvalue weighted by Crippen LogP contribution is 2.16. The van der Waals surface area contributed by atoms with Crippen LogP contribution >= 0.6 is 0 Å². The van der Waals surface area contributed by atoms with Gasteiger partial charge in [-0.05, 0) is 44.0 Å². The first-order valence-electron chi connectivity index (χ1n) is 8.46. The molecule has 4 nitrogen and oxygen atoms in total. The fourth-order valence-corrected chi connectivity index (χ4v) is 3.10. The lowest BCUT2D eigenvalue weighted by Crippen LogP contribution is -2.46. The third-order valence-corrected chi connectivity index (χ3v) is 4.50. The van der Waals surface area contributed by atoms with E-state index < -0.39 is 11.7 Å². The van der Waals surface area contributed by atoms with Crippen molar-refractivity contribution in [3.63, 3.8) is 0 Å². The van der Waals surface area contributed by atoms with E-state index in [-0.39, 0.29) is 17.5 Å². The normalized spacial score (nSPS) is 15.0. The van der Waals surface area contributed by atoms with Gasteiger partial charge in [0.15, 0.2) is 0 Å². The molecule has 1 aliphatic rings. The number of piperidine rings is 1. The molecule has 130 valence electrons. The van der Waals surface area contributed by atoms with Crippen LogP contribution < -0.4 is 5.32 Å². The molecule has 1 fully saturated rings. The van der Waals surface area contributed by atoms with Gasteiger partial charge in [-0.1, -0.05) is 29.8 Å². The molecule has 0 saturated carbocycles. The topological polar surface area (TPSA) is 49.4 Å². The standard InChI is InChI=1S/C20H21FN2O2/c1-14-5-4-6-15(13-14)20(25)23-11-9-16(10-12-23)22-19(24)17-7-2-3-8-18(17)21/h2-8,13,16H,9-12H2,1H3,(H,22,24). The second-order valence-electron chi connectivity index (χ2n) is 6.39. The van der Waals surface area contributed by atoms with E-state index in [0.29, 0.717) is 31.5 Å². The fraction of sp³-hybridized carbons (Fsp3) is 0.300. The summed E-state index contributed by atoms with van der Waals surface area (Å²) in [5.74, 6) is -0.906. The van der Waals surface area contributed by atoms with Gasteiger partial charge < -0.3 is 10.2 Å². The molecular weight excluding hydrogens is 319 g/mol. The Bertz CT molecular complexity index is 783. The van der Waals surface area contributed by atoms with Crippen LogP contribution in [-0.4, -0.2) is 35.8 Å². The van der Waals surface area contributed by atoms with Crippen LogP contribution in [-0.2, 0) is 0 Å². The predicted molar refractivity (Wildman–Crippen MR) is 94.0 cm³/mol. The highest BCUT2D eigenvalue weighted by Gasteiger charge is 2.25. The van der Waals surface area contributed by atoms with Gasteiger partial charge in [0.05, 0.1) is 5.56 Å². The maximum atomic E-state index is 13.7. The summed E-state index contributed by atoms with van der Waals surface area (Å²) in [6.07, 6.45) is 1.33. The third kappa shape index (κ3) is 4.05. The summed E-state index contributed by atoms with van der Waals surface area (Å²) in [6, 6.07) is 13.4. The molecule has 3 rings (SSSR count). The molecule has 0 bridgehead atoms. The van der Waals surface area contributed by atoms with Gasteiger partial charge in [-0.25, -0.2) is 4.39 Å². The number of nitrogens with one attached hydrogen (secondary N) is 1. The Balaban J connectivity index is 1.56. The van der Waals surface area contributed by atoms with Crippen LogP contribution in [0.5, 0.6) is 0 Å². The minimum absolute atomic E-state index is 0.0163. The molecule has 0 spiro atoms. The van der Waals surface area contributed by atoms with Crippen molar-refractivity contribution in [3.05, 3.63) is 71.0 Å². The molecule has 0 radical (unpaired) electrons. The molecule has 2 aromatic rings. The van der Waals surface area contributed by atoms with Crippen molar-refractivity contribution >= 4 is 11.8 Å². The SMILES string of the molecule is Cc1cccc(C(=O)N2CCC(NC(=O)c3ccccc3F)CC2)c1. The third-order valence-electron chi connectivity index (χ3n) is 4.50. The van der Waals surface area contributed by atoms with Crippen LogP contribution in [0.15, 0.2) is 48.5 Å². The Labute approximate surface area is 146 Å². The first kappa shape index (κ1) is 17.1. The molecule has 1 saturated heterocycles. The second kappa shape index (κ2) is 7.47. The first-order valence-corrected chi connectivity index (χ1v) is 8.46. The maximum absolute atomic E-state index is 13.7. The monoisotopic (exact) mass is 340 g/mol. The van der Waals surface area contributed by atoms with E-state index in [4.69, 9.17) is 0 Å². The molecule has 0 aromatic heterocycles. The largest absolute Gasteiger partial charge is 0.349 e. The summed E-state index contributed by atoms with van der Waals surface area (Å²) < 4.78 is 13.7. The molecule has 5 heteroatoms. The van der Waals surface area contributed by atoms with Gasteiger partial charge in [-0.15, -0.1) is 0 Å². The number of nitrogens with zero attached hydrogens (tertiary/aromatic N) is 1. The number of amides is 2. The van der Waals surface area contributed by atoms with Crippen molar-refractivity contribution < 1.29 is 14.0 Å². The Morgan fingerprint density at radius 2 is 1.80 bits per heavy atom. The summed E-state index contributed by atoms with van der Waals surface area (Å²) in [4.78, 5) is 26.5. The summed E-state index contributed by atoms with van der Waals surface area (Å²) in [7, 11) is 0. The molecule has 0 aliphatic carbocycles. The van der Waals surface area contributed by atoms with Crippen LogP contribution in [0.2, 0.25) is 0 Å². The summed E-state index contributed by atoms with van der Waals surface area (Å²) in [6.45, 7) is 3.12. The molecule has 2 aromatic carbocycles. The van der Waals surface area contributed by atoms with Crippen molar-refractivity contribution in [1.82, 2.24) is 10.2 Å². The number of benzene rings is 2. The lowest BCUT2D eigenvalue weighted by molar-refractivity contribution is 0.0698. The van der Waals surface area contributed by atoms with E-state index in [1.807, 2.05) is 31.2 Å². The van der Waals surface area contributed by atoms with Gasteiger partial charge in [0, 0.05) is 24.7 Å². The van der Waals surface area contributed by atoms with Gasteiger partial charge in [-0.3, -0.25) is 9.59 Å². The van der Waals surface area contributed by atoms with Gasteiger partial charge in [0.25, 0.3) is 11.8 Å². The zero-order valence-electron chi connectivity index (χ0n) is 14.2. The lowest BCUT2D eigenvalue weighted by atomic mass is 10.0.